The molecule has 41 heavy (non-hydrogen) atoms. The van der Waals surface area contributed by atoms with Gasteiger partial charge in [-0.3, -0.25) is 9.69 Å². The van der Waals surface area contributed by atoms with E-state index < -0.39 is 12.0 Å². The summed E-state index contributed by atoms with van der Waals surface area (Å²) in [6, 6.07) is 7.03. The average Bonchev–Trinajstić information content (AvgIpc) is 3.41. The predicted molar refractivity (Wildman–Crippen MR) is 161 cm³/mol. The molecule has 3 rings (SSSR count). The second-order valence-electron chi connectivity index (χ2n) is 9.88. The molecule has 1 aliphatic heterocycles. The Balaban J connectivity index is 1.48. The maximum absolute atomic E-state index is 12.8. The van der Waals surface area contributed by atoms with Crippen LogP contribution in [0.1, 0.15) is 31.0 Å². The molecule has 1 saturated heterocycles. The molecule has 228 valence electrons. The SMILES string of the molecule is CCOC(=O)[C@H](CSCc1ccc(OC)cc1)NC(=O)Cn1cc(CN2CCCNCCNCCCNCC2)nn1. The maximum Gasteiger partial charge on any atom is 0.329 e. The number of carbonyl (C=O) groups excluding carboxylic acids is 2. The molecule has 0 bridgehead atoms. The van der Waals surface area contributed by atoms with Crippen LogP contribution in [0.15, 0.2) is 30.5 Å². The number of amides is 1. The zero-order valence-electron chi connectivity index (χ0n) is 24.4. The third kappa shape index (κ3) is 13.2. The first-order valence-electron chi connectivity index (χ1n) is 14.5. The number of thioether (sulfide) groups is 1. The van der Waals surface area contributed by atoms with Gasteiger partial charge in [-0.15, -0.1) is 5.10 Å². The van der Waals surface area contributed by atoms with E-state index in [4.69, 9.17) is 9.47 Å². The summed E-state index contributed by atoms with van der Waals surface area (Å²) in [6.07, 6.45) is 3.96. The summed E-state index contributed by atoms with van der Waals surface area (Å²) in [4.78, 5) is 27.7. The van der Waals surface area contributed by atoms with Gasteiger partial charge in [0.15, 0.2) is 0 Å². The molecule has 1 fully saturated rings. The summed E-state index contributed by atoms with van der Waals surface area (Å²) in [5.74, 6) is 1.13. The Morgan fingerprint density at radius 2 is 1.76 bits per heavy atom. The van der Waals surface area contributed by atoms with Gasteiger partial charge in [0.2, 0.25) is 5.91 Å². The fraction of sp³-hybridized carbons (Fsp3) is 0.643. The summed E-state index contributed by atoms with van der Waals surface area (Å²) >= 11 is 1.56. The van der Waals surface area contributed by atoms with Gasteiger partial charge in [0, 0.05) is 44.2 Å². The Morgan fingerprint density at radius 3 is 2.49 bits per heavy atom. The fourth-order valence-corrected chi connectivity index (χ4v) is 5.36. The van der Waals surface area contributed by atoms with Crippen LogP contribution in [0.2, 0.25) is 0 Å². The van der Waals surface area contributed by atoms with Crippen LogP contribution in [-0.2, 0) is 33.2 Å². The third-order valence-electron chi connectivity index (χ3n) is 6.51. The number of carbonyl (C=O) groups is 2. The van der Waals surface area contributed by atoms with Gasteiger partial charge >= 0.3 is 5.97 Å². The Hall–Kier alpha value is -2.71. The van der Waals surface area contributed by atoms with Gasteiger partial charge in [-0.05, 0) is 63.6 Å². The van der Waals surface area contributed by atoms with Gasteiger partial charge in [0.1, 0.15) is 18.3 Å². The first-order chi connectivity index (χ1) is 20.1. The molecule has 0 unspecified atom stereocenters. The number of aromatic nitrogens is 3. The van der Waals surface area contributed by atoms with Crippen LogP contribution in [0.25, 0.3) is 0 Å². The minimum Gasteiger partial charge on any atom is -0.497 e. The van der Waals surface area contributed by atoms with E-state index in [2.05, 4.69) is 36.5 Å². The Bertz CT molecular complexity index is 1010. The molecule has 0 radical (unpaired) electrons. The molecule has 0 saturated carbocycles. The maximum atomic E-state index is 12.8. The van der Waals surface area contributed by atoms with Crippen molar-refractivity contribution in [3.63, 3.8) is 0 Å². The van der Waals surface area contributed by atoms with E-state index in [1.807, 2.05) is 24.3 Å². The number of hydrogen-bond acceptors (Lipinski definition) is 11. The van der Waals surface area contributed by atoms with E-state index in [0.717, 1.165) is 82.2 Å². The quantitative estimate of drug-likeness (QED) is 0.259. The smallest absolute Gasteiger partial charge is 0.329 e. The van der Waals surface area contributed by atoms with Crippen molar-refractivity contribution in [3.8, 4) is 5.75 Å². The highest BCUT2D eigenvalue weighted by molar-refractivity contribution is 7.98. The summed E-state index contributed by atoms with van der Waals surface area (Å²) in [6.45, 7) is 10.4. The topological polar surface area (TPSA) is 135 Å². The average molecular weight is 591 g/mol. The predicted octanol–water partition coefficient (Wildman–Crippen LogP) is 0.633. The number of esters is 1. The minimum atomic E-state index is -0.749. The van der Waals surface area contributed by atoms with Crippen molar-refractivity contribution in [1.29, 1.82) is 0 Å². The monoisotopic (exact) mass is 590 g/mol. The molecule has 2 aromatic rings. The molecule has 13 heteroatoms. The van der Waals surface area contributed by atoms with E-state index in [0.29, 0.717) is 18.1 Å². The van der Waals surface area contributed by atoms with Crippen LogP contribution in [0.3, 0.4) is 0 Å². The fourth-order valence-electron chi connectivity index (χ4n) is 4.36. The molecule has 1 aromatic heterocycles. The lowest BCUT2D eigenvalue weighted by Gasteiger charge is -2.22. The molecule has 1 aromatic carbocycles. The van der Waals surface area contributed by atoms with Gasteiger partial charge < -0.3 is 30.7 Å². The largest absolute Gasteiger partial charge is 0.497 e. The van der Waals surface area contributed by atoms with Crippen molar-refractivity contribution in [1.82, 2.24) is 41.2 Å². The van der Waals surface area contributed by atoms with E-state index in [1.54, 1.807) is 32.0 Å². The van der Waals surface area contributed by atoms with Crippen molar-refractivity contribution in [2.24, 2.45) is 0 Å². The lowest BCUT2D eigenvalue weighted by Crippen LogP contribution is -2.45. The molecule has 1 atom stereocenters. The van der Waals surface area contributed by atoms with Crippen LogP contribution < -0.4 is 26.0 Å². The van der Waals surface area contributed by atoms with Crippen molar-refractivity contribution in [3.05, 3.63) is 41.7 Å². The summed E-state index contributed by atoms with van der Waals surface area (Å²) in [5, 5.41) is 21.7. The molecule has 1 amide bonds. The van der Waals surface area contributed by atoms with E-state index in [1.165, 1.54) is 4.68 Å². The summed E-state index contributed by atoms with van der Waals surface area (Å²) in [7, 11) is 1.63. The van der Waals surface area contributed by atoms with Gasteiger partial charge in [-0.25, -0.2) is 9.48 Å². The molecule has 2 heterocycles. The first kappa shape index (κ1) is 32.8. The Morgan fingerprint density at radius 1 is 1.02 bits per heavy atom. The molecule has 4 N–H and O–H groups in total. The summed E-state index contributed by atoms with van der Waals surface area (Å²) < 4.78 is 11.9. The number of rotatable bonds is 12. The number of nitrogens with one attached hydrogen (secondary N) is 4. The van der Waals surface area contributed by atoms with Crippen molar-refractivity contribution >= 4 is 23.6 Å². The zero-order valence-corrected chi connectivity index (χ0v) is 25.2. The Labute approximate surface area is 247 Å². The molecular weight excluding hydrogens is 544 g/mol. The second-order valence-corrected chi connectivity index (χ2v) is 10.9. The van der Waals surface area contributed by atoms with Gasteiger partial charge in [-0.2, -0.15) is 11.8 Å². The van der Waals surface area contributed by atoms with E-state index in [-0.39, 0.29) is 19.1 Å². The molecule has 12 nitrogen and oxygen atoms in total. The molecule has 0 spiro atoms. The van der Waals surface area contributed by atoms with Crippen molar-refractivity contribution in [2.75, 3.05) is 71.8 Å². The number of ether oxygens (including phenoxy) is 2. The second kappa shape index (κ2) is 19.4. The van der Waals surface area contributed by atoms with Crippen LogP contribution in [-0.4, -0.2) is 110 Å². The van der Waals surface area contributed by atoms with Gasteiger partial charge in [0.25, 0.3) is 0 Å². The number of hydrogen-bond donors (Lipinski definition) is 4. The Kier molecular flexibility index (Phi) is 15.5. The normalized spacial score (nSPS) is 16.8. The van der Waals surface area contributed by atoms with E-state index >= 15 is 0 Å². The summed E-state index contributed by atoms with van der Waals surface area (Å²) in [5.41, 5.74) is 1.92. The minimum absolute atomic E-state index is 0.0223. The number of nitrogens with zero attached hydrogens (tertiary/aromatic N) is 4. The molecule has 0 aliphatic carbocycles. The molecular formula is C28H46N8O4S. The number of benzene rings is 1. The van der Waals surface area contributed by atoms with Crippen molar-refractivity contribution in [2.45, 2.75) is 44.6 Å². The first-order valence-corrected chi connectivity index (χ1v) is 15.6. The zero-order chi connectivity index (χ0) is 29.1. The lowest BCUT2D eigenvalue weighted by molar-refractivity contribution is -0.146. The van der Waals surface area contributed by atoms with Crippen LogP contribution in [0, 0.1) is 0 Å². The van der Waals surface area contributed by atoms with Gasteiger partial charge in [-0.1, -0.05) is 17.3 Å². The highest BCUT2D eigenvalue weighted by atomic mass is 32.2. The molecule has 1 aliphatic rings. The number of methoxy groups -OCH3 is 1. The third-order valence-corrected chi connectivity index (χ3v) is 7.62. The van der Waals surface area contributed by atoms with Crippen molar-refractivity contribution < 1.29 is 19.1 Å². The van der Waals surface area contributed by atoms with E-state index in [9.17, 15) is 9.59 Å². The van der Waals surface area contributed by atoms with Gasteiger partial charge in [0.05, 0.1) is 25.6 Å². The lowest BCUT2D eigenvalue weighted by atomic mass is 10.2. The highest BCUT2D eigenvalue weighted by Gasteiger charge is 2.22. The van der Waals surface area contributed by atoms with Crippen LogP contribution in [0.4, 0.5) is 0 Å². The highest BCUT2D eigenvalue weighted by Crippen LogP contribution is 2.17. The van der Waals surface area contributed by atoms with Crippen LogP contribution in [0.5, 0.6) is 5.75 Å². The standard InChI is InChI=1S/C28H46N8O4S/c1-3-40-28(38)26(22-41-21-23-6-8-25(39-2)9-7-23)32-27(37)20-36-19-24(33-34-36)18-35-16-5-12-30-14-13-29-10-4-11-31-15-17-35/h6-9,19,26,29-31H,3-5,10-18,20-22H2,1-2H3,(H,32,37)/t26-/m0/s1. The van der Waals surface area contributed by atoms with Crippen LogP contribution >= 0.6 is 11.8 Å².